The molecule has 2 unspecified atom stereocenters. The molecule has 0 N–H and O–H groups in total. The van der Waals surface area contributed by atoms with Crippen molar-refractivity contribution in [1.29, 1.82) is 0 Å². The van der Waals surface area contributed by atoms with Gasteiger partial charge in [0, 0.05) is 84.8 Å². The lowest BCUT2D eigenvalue weighted by molar-refractivity contribution is -0.783. The van der Waals surface area contributed by atoms with Crippen LogP contribution in [0.3, 0.4) is 0 Å². The summed E-state index contributed by atoms with van der Waals surface area (Å²) < 4.78 is 73.4. The normalized spacial score (nSPS) is 15.1. The number of hydrogen-bond acceptors (Lipinski definition) is 25. The van der Waals surface area contributed by atoms with Crippen LogP contribution in [0.4, 0.5) is 11.4 Å². The number of fused-ring (bicyclic) bond motifs is 22. The van der Waals surface area contributed by atoms with Crippen LogP contribution in [-0.4, -0.2) is 61.0 Å². The molecule has 0 amide bonds. The zero-order valence-electron chi connectivity index (χ0n) is 87.6. The summed E-state index contributed by atoms with van der Waals surface area (Å²) in [4.78, 5) is 10.0. The number of thiophene rings is 5. The van der Waals surface area contributed by atoms with Gasteiger partial charge in [-0.2, -0.15) is 67.5 Å². The second kappa shape index (κ2) is 35.0. The van der Waals surface area contributed by atoms with Crippen LogP contribution in [0.2, 0.25) is 0 Å². The number of rotatable bonds is 0. The van der Waals surface area contributed by atoms with Crippen LogP contribution >= 0.6 is 115 Å². The van der Waals surface area contributed by atoms with E-state index < -0.39 is 0 Å². The zero-order valence-corrected chi connectivity index (χ0v) is 96.6. The summed E-state index contributed by atoms with van der Waals surface area (Å²) in [7, 11) is 1.87. The minimum atomic E-state index is -0.0568. The Morgan fingerprint density at radius 1 is 0.281 bits per heavy atom. The maximum absolute atomic E-state index is 6.16. The summed E-state index contributed by atoms with van der Waals surface area (Å²) in [5, 5.41) is 19.9. The highest BCUT2D eigenvalue weighted by atomic mass is 32.1. The standard InChI is InChI=1S/C24H28S2.C20H24N4S2.C18H20N2S3.C16H26O2S.C15H21N5S.C14H18N4S2/c1-13-9-15-16(10-14(13)2)18-12-20(24(6,7)8)26-22(18)21-17(15)11-19(25-21)23(3,4)5;1-9-11-12(16-17(23-26-22-16)13(9)19(3,4)5)10(2)14(20(6,7)8)18-15(11)21-25-24-18;1-17(2,3)11-7-9-13-14(20-23-19-13)10-8-12(18(4,5)6)22-16(10)15(9)21-11;1-9-10(2)18-12-11(17-9)13(15(3,4)5)19-14(12)16(6,7)8;1-14(2,3)8-10-11(17-20(7)16-10)9(15(4,5)6)13-12(8)18-21-19-13;1-13(2,3)7-9-11(17-19-15-9)8(14(4,5)6)12-10(7)16-20-18-12/h9-12H,1-8H3;1-8H3;7-8H,1-6H3;9-10H,1-8H3;1-7H3;1-6H3. The summed E-state index contributed by atoms with van der Waals surface area (Å²) in [5.74, 6) is 1.96. The van der Waals surface area contributed by atoms with Gasteiger partial charge in [0.25, 0.3) is 0 Å². The fraction of sp³-hybridized carbons (Fsp3) is 0.533. The lowest BCUT2D eigenvalue weighted by Gasteiger charge is -2.31. The van der Waals surface area contributed by atoms with E-state index in [0.29, 0.717) is 0 Å². The van der Waals surface area contributed by atoms with Crippen LogP contribution in [0.15, 0.2) is 45.1 Å². The Hall–Kier alpha value is -7.48. The molecule has 2 aliphatic rings. The molecule has 11 aromatic heterocycles. The van der Waals surface area contributed by atoms with Crippen LogP contribution in [0.1, 0.15) is 348 Å². The molecule has 2 aliphatic heterocycles. The van der Waals surface area contributed by atoms with Gasteiger partial charge < -0.3 is 9.47 Å². The average molecular weight is 2020 g/mol. The third-order valence-corrected chi connectivity index (χ3v) is 37.0. The fourth-order valence-electron chi connectivity index (χ4n) is 18.5. The van der Waals surface area contributed by atoms with E-state index in [1.165, 1.54) is 195 Å². The summed E-state index contributed by atoms with van der Waals surface area (Å²) in [5.41, 5.74) is 27.2. The highest BCUT2D eigenvalue weighted by molar-refractivity contribution is 7.58. The molecular weight excluding hydrogens is 1880 g/mol. The van der Waals surface area contributed by atoms with E-state index in [9.17, 15) is 0 Å². The molecule has 28 heteroatoms. The summed E-state index contributed by atoms with van der Waals surface area (Å²) in [6.45, 7) is 93.8. The first-order chi connectivity index (χ1) is 62.0. The Morgan fingerprint density at radius 3 is 0.844 bits per heavy atom. The highest BCUT2D eigenvalue weighted by Gasteiger charge is 2.41. The van der Waals surface area contributed by atoms with E-state index in [1.54, 1.807) is 4.80 Å². The number of nitrogens with zero attached hydrogens (tertiary/aromatic N) is 15. The van der Waals surface area contributed by atoms with Gasteiger partial charge in [-0.3, -0.25) is 0 Å². The van der Waals surface area contributed by atoms with Crippen LogP contribution in [0.5, 0.6) is 11.5 Å². The Balaban J connectivity index is 0.000000124. The average Bonchev–Trinajstić information content (AvgIpc) is 1.79. The Bertz CT molecular complexity index is 7340. The minimum Gasteiger partial charge on any atom is -0.482 e. The van der Waals surface area contributed by atoms with Crippen LogP contribution in [-0.2, 0) is 83.4 Å². The molecule has 0 bridgehead atoms. The number of hydrogen-bond donors (Lipinski definition) is 0. The molecule has 2 atom stereocenters. The molecule has 13 heterocycles. The SMILES string of the molecule is CC(C)(C)c1c2c(c(C(C)(C)C)c3nsnc13)N=S=N2.CC(C)(C)c1cc2c3nsnc3c3cc(C(C)(C)C)sc3c2s1.CC1Oc2c(C(C)(C)C)sc(C(C)(C)C)c2OC1C.C[n+]1nc2c(C(C)(C)C)c3nsnc3c(C(C)(C)C)c2[n-]1.Cc1c(C(C)(C)C)c2nsnc2c2c(C)c(C(C)(C)C)c3nsnc3c12.Cc1cc2c(cc1C)c1cc(C(C)(C)C)sc1c1sc(C(C)(C)C)cc21. The van der Waals surface area contributed by atoms with Gasteiger partial charge in [0.15, 0.2) is 18.5 Å². The topological polar surface area (TPSA) is 203 Å². The molecule has 135 heavy (non-hydrogen) atoms. The highest BCUT2D eigenvalue weighted by Crippen LogP contribution is 2.57. The van der Waals surface area contributed by atoms with Gasteiger partial charge >= 0.3 is 0 Å². The first-order valence-electron chi connectivity index (χ1n) is 46.8. The first-order valence-corrected chi connectivity index (χ1v) is 55.3. The molecule has 7 aromatic carbocycles. The Kier molecular flexibility index (Phi) is 26.5. The first kappa shape index (κ1) is 102. The number of ether oxygens (including phenoxy) is 2. The maximum Gasteiger partial charge on any atom is 0.176 e. The van der Waals surface area contributed by atoms with Crippen molar-refractivity contribution in [3.63, 3.8) is 0 Å². The smallest absolute Gasteiger partial charge is 0.176 e. The third kappa shape index (κ3) is 19.1. The predicted molar refractivity (Wildman–Crippen MR) is 593 cm³/mol. The van der Waals surface area contributed by atoms with Crippen molar-refractivity contribution >= 4 is 266 Å². The van der Waals surface area contributed by atoms with Gasteiger partial charge in [0.1, 0.15) is 78.7 Å². The van der Waals surface area contributed by atoms with Gasteiger partial charge in [-0.15, -0.1) is 56.7 Å². The maximum atomic E-state index is 6.16. The van der Waals surface area contributed by atoms with Crippen LogP contribution < -0.4 is 19.4 Å². The van der Waals surface area contributed by atoms with E-state index in [4.69, 9.17) is 27.0 Å². The molecule has 0 saturated heterocycles. The molecule has 0 saturated carbocycles. The molecule has 18 aromatic rings. The molecular formula is C107H137N15O2S11. The third-order valence-electron chi connectivity index (χ3n) is 25.2. The predicted octanol–water partition coefficient (Wildman–Crippen LogP) is 33.8. The molecule has 718 valence electrons. The lowest BCUT2D eigenvalue weighted by atomic mass is 9.77. The monoisotopic (exact) mass is 2020 g/mol. The molecule has 0 fully saturated rings. The lowest BCUT2D eigenvalue weighted by Crippen LogP contribution is -2.35. The van der Waals surface area contributed by atoms with E-state index in [0.717, 1.165) is 111 Å². The van der Waals surface area contributed by atoms with Gasteiger partial charge in [-0.05, 0) is 175 Å². The summed E-state index contributed by atoms with van der Waals surface area (Å²) in [6.07, 6.45) is 0.215. The van der Waals surface area contributed by atoms with Crippen LogP contribution in [0, 0.1) is 27.7 Å². The van der Waals surface area contributed by atoms with Crippen molar-refractivity contribution in [2.75, 3.05) is 0 Å². The van der Waals surface area contributed by atoms with E-state index in [1.807, 2.05) is 63.7 Å². The second-order valence-electron chi connectivity index (χ2n) is 49.4. The van der Waals surface area contributed by atoms with Crippen molar-refractivity contribution in [3.05, 3.63) is 121 Å². The largest absolute Gasteiger partial charge is 0.482 e. The van der Waals surface area contributed by atoms with Gasteiger partial charge in [-0.1, -0.05) is 261 Å². The van der Waals surface area contributed by atoms with Crippen molar-refractivity contribution in [3.8, 4) is 11.5 Å². The molecule has 0 radical (unpaired) electrons. The van der Waals surface area contributed by atoms with E-state index in [2.05, 4.69) is 372 Å². The summed E-state index contributed by atoms with van der Waals surface area (Å²) >= 11 is 17.4. The van der Waals surface area contributed by atoms with Crippen molar-refractivity contribution in [1.82, 2.24) is 53.9 Å². The van der Waals surface area contributed by atoms with Gasteiger partial charge in [0.2, 0.25) is 0 Å². The van der Waals surface area contributed by atoms with Crippen LogP contribution in [0.25, 0.3) is 128 Å². The minimum absolute atomic E-state index is 0.0152. The van der Waals surface area contributed by atoms with Crippen molar-refractivity contribution < 1.29 is 14.3 Å². The van der Waals surface area contributed by atoms with Crippen molar-refractivity contribution in [2.24, 2.45) is 15.8 Å². The number of aryl methyl sites for hydroxylation is 5. The fourth-order valence-corrected chi connectivity index (χ4v) is 28.3. The van der Waals surface area contributed by atoms with Gasteiger partial charge in [0.05, 0.1) is 98.5 Å². The van der Waals surface area contributed by atoms with E-state index in [-0.39, 0.29) is 77.2 Å². The molecule has 20 rings (SSSR count). The molecule has 0 spiro atoms. The van der Waals surface area contributed by atoms with E-state index >= 15 is 0 Å². The summed E-state index contributed by atoms with van der Waals surface area (Å²) in [6, 6.07) is 14.4. The number of benzene rings is 7. The Labute approximate surface area is 843 Å². The van der Waals surface area contributed by atoms with Crippen molar-refractivity contribution in [2.45, 2.75) is 368 Å². The second-order valence-corrected chi connectivity index (χ2v) is 57.8. The molecule has 17 nitrogen and oxygen atoms in total. The quantitative estimate of drug-likeness (QED) is 0.130. The number of aromatic nitrogens is 13. The Morgan fingerprint density at radius 2 is 0.548 bits per heavy atom. The molecule has 0 aliphatic carbocycles. The van der Waals surface area contributed by atoms with Gasteiger partial charge in [-0.25, -0.2) is 0 Å². The zero-order chi connectivity index (χ0) is 99.5.